The second kappa shape index (κ2) is 5.50. The number of nitrogens with one attached hydrogen (secondary N) is 1. The summed E-state index contributed by atoms with van der Waals surface area (Å²) in [5, 5.41) is 3.33. The molecule has 2 atom stereocenters. The summed E-state index contributed by atoms with van der Waals surface area (Å²) in [7, 11) is 0. The lowest BCUT2D eigenvalue weighted by molar-refractivity contribution is -0.151. The van der Waals surface area contributed by atoms with Gasteiger partial charge in [-0.3, -0.25) is 4.79 Å². The van der Waals surface area contributed by atoms with Crippen molar-refractivity contribution in [3.63, 3.8) is 0 Å². The van der Waals surface area contributed by atoms with Crippen molar-refractivity contribution in [1.82, 2.24) is 5.32 Å². The second-order valence-electron chi connectivity index (χ2n) is 4.35. The quantitative estimate of drug-likeness (QED) is 0.711. The fourth-order valence-corrected chi connectivity index (χ4v) is 2.52. The molecular formula is C12H23NO2. The van der Waals surface area contributed by atoms with E-state index in [2.05, 4.69) is 12.2 Å². The first-order valence-corrected chi connectivity index (χ1v) is 6.10. The summed E-state index contributed by atoms with van der Waals surface area (Å²) in [6.07, 6.45) is 4.17. The van der Waals surface area contributed by atoms with Crippen LogP contribution in [0, 0.1) is 5.92 Å². The molecule has 15 heavy (non-hydrogen) atoms. The Labute approximate surface area is 92.6 Å². The lowest BCUT2D eigenvalue weighted by Crippen LogP contribution is -2.51. The number of carbonyl (C=O) groups is 1. The van der Waals surface area contributed by atoms with Crippen molar-refractivity contribution in [1.29, 1.82) is 0 Å². The Morgan fingerprint density at radius 2 is 2.20 bits per heavy atom. The minimum absolute atomic E-state index is 0.0530. The van der Waals surface area contributed by atoms with Crippen LogP contribution in [0.15, 0.2) is 0 Å². The Balaban J connectivity index is 2.67. The summed E-state index contributed by atoms with van der Waals surface area (Å²) in [6.45, 7) is 7.40. The number of carbonyl (C=O) groups excluding carboxylic acids is 1. The molecule has 0 spiro atoms. The zero-order chi connectivity index (χ0) is 11.3. The molecule has 1 saturated carbocycles. The number of hydrogen-bond donors (Lipinski definition) is 1. The summed E-state index contributed by atoms with van der Waals surface area (Å²) in [4.78, 5) is 11.9. The van der Waals surface area contributed by atoms with E-state index in [1.165, 1.54) is 0 Å². The van der Waals surface area contributed by atoms with Gasteiger partial charge in [-0.05, 0) is 38.6 Å². The van der Waals surface area contributed by atoms with Crippen LogP contribution in [-0.2, 0) is 9.53 Å². The molecule has 1 N–H and O–H groups in total. The van der Waals surface area contributed by atoms with Gasteiger partial charge in [0, 0.05) is 0 Å². The average Bonchev–Trinajstić information content (AvgIpc) is 2.64. The monoisotopic (exact) mass is 213 g/mol. The highest BCUT2D eigenvalue weighted by molar-refractivity contribution is 5.81. The Bertz CT molecular complexity index is 218. The summed E-state index contributed by atoms with van der Waals surface area (Å²) in [5.41, 5.74) is -0.383. The lowest BCUT2D eigenvalue weighted by Gasteiger charge is -2.27. The molecule has 0 amide bonds. The summed E-state index contributed by atoms with van der Waals surface area (Å²) < 4.78 is 5.17. The molecule has 0 bridgehead atoms. The Kier molecular flexibility index (Phi) is 4.58. The van der Waals surface area contributed by atoms with E-state index in [-0.39, 0.29) is 11.5 Å². The first kappa shape index (κ1) is 12.5. The number of rotatable bonds is 5. The van der Waals surface area contributed by atoms with Gasteiger partial charge in [-0.2, -0.15) is 0 Å². The molecule has 0 aromatic heterocycles. The van der Waals surface area contributed by atoms with Gasteiger partial charge in [0.25, 0.3) is 0 Å². The topological polar surface area (TPSA) is 38.3 Å². The van der Waals surface area contributed by atoms with Crippen molar-refractivity contribution in [2.45, 2.75) is 52.0 Å². The highest BCUT2D eigenvalue weighted by Crippen LogP contribution is 2.37. The molecule has 1 aliphatic carbocycles. The lowest BCUT2D eigenvalue weighted by atomic mass is 9.95. The Morgan fingerprint density at radius 1 is 1.47 bits per heavy atom. The zero-order valence-corrected chi connectivity index (χ0v) is 10.1. The molecule has 0 aliphatic heterocycles. The van der Waals surface area contributed by atoms with Gasteiger partial charge < -0.3 is 10.1 Å². The molecule has 2 unspecified atom stereocenters. The standard InChI is InChI=1S/C12H23NO2/c1-4-10-7-8-12(9-10,13-5-2)11(14)15-6-3/h10,13H,4-9H2,1-3H3. The van der Waals surface area contributed by atoms with Crippen molar-refractivity contribution in [2.75, 3.05) is 13.2 Å². The van der Waals surface area contributed by atoms with E-state index in [0.717, 1.165) is 32.2 Å². The highest BCUT2D eigenvalue weighted by Gasteiger charge is 2.45. The molecule has 3 heteroatoms. The molecule has 0 radical (unpaired) electrons. The van der Waals surface area contributed by atoms with Gasteiger partial charge in [0.2, 0.25) is 0 Å². The number of ether oxygens (including phenoxy) is 1. The van der Waals surface area contributed by atoms with Crippen LogP contribution in [0.5, 0.6) is 0 Å². The summed E-state index contributed by atoms with van der Waals surface area (Å²) >= 11 is 0. The van der Waals surface area contributed by atoms with Crippen LogP contribution in [0.3, 0.4) is 0 Å². The van der Waals surface area contributed by atoms with Crippen LogP contribution in [-0.4, -0.2) is 24.7 Å². The predicted octanol–water partition coefficient (Wildman–Crippen LogP) is 2.11. The molecule has 0 aromatic carbocycles. The van der Waals surface area contributed by atoms with E-state index in [1.54, 1.807) is 0 Å². The summed E-state index contributed by atoms with van der Waals surface area (Å²) in [5.74, 6) is 0.622. The fourth-order valence-electron chi connectivity index (χ4n) is 2.52. The smallest absolute Gasteiger partial charge is 0.326 e. The van der Waals surface area contributed by atoms with Crippen LogP contribution in [0.1, 0.15) is 46.5 Å². The maximum absolute atomic E-state index is 11.9. The Morgan fingerprint density at radius 3 is 2.67 bits per heavy atom. The number of hydrogen-bond acceptors (Lipinski definition) is 3. The normalized spacial score (nSPS) is 30.5. The summed E-state index contributed by atoms with van der Waals surface area (Å²) in [6, 6.07) is 0. The van der Waals surface area contributed by atoms with Crippen LogP contribution in [0.4, 0.5) is 0 Å². The molecule has 3 nitrogen and oxygen atoms in total. The molecule has 1 rings (SSSR count). The van der Waals surface area contributed by atoms with Crippen LogP contribution >= 0.6 is 0 Å². The van der Waals surface area contributed by atoms with E-state index in [9.17, 15) is 4.79 Å². The predicted molar refractivity (Wildman–Crippen MR) is 60.7 cm³/mol. The first-order chi connectivity index (χ1) is 7.18. The van der Waals surface area contributed by atoms with Crippen molar-refractivity contribution in [2.24, 2.45) is 5.92 Å². The van der Waals surface area contributed by atoms with Gasteiger partial charge in [0.15, 0.2) is 0 Å². The first-order valence-electron chi connectivity index (χ1n) is 6.10. The van der Waals surface area contributed by atoms with Crippen molar-refractivity contribution >= 4 is 5.97 Å². The van der Waals surface area contributed by atoms with Crippen molar-refractivity contribution in [3.05, 3.63) is 0 Å². The highest BCUT2D eigenvalue weighted by atomic mass is 16.5. The largest absolute Gasteiger partial charge is 0.465 e. The van der Waals surface area contributed by atoms with E-state index >= 15 is 0 Å². The van der Waals surface area contributed by atoms with Gasteiger partial charge in [-0.25, -0.2) is 0 Å². The third kappa shape index (κ3) is 2.71. The zero-order valence-electron chi connectivity index (χ0n) is 10.1. The van der Waals surface area contributed by atoms with Crippen LogP contribution < -0.4 is 5.32 Å². The minimum atomic E-state index is -0.383. The van der Waals surface area contributed by atoms with Gasteiger partial charge in [0.1, 0.15) is 5.54 Å². The maximum atomic E-state index is 11.9. The molecular weight excluding hydrogens is 190 g/mol. The number of esters is 1. The van der Waals surface area contributed by atoms with Crippen LogP contribution in [0.25, 0.3) is 0 Å². The third-order valence-electron chi connectivity index (χ3n) is 3.38. The third-order valence-corrected chi connectivity index (χ3v) is 3.38. The van der Waals surface area contributed by atoms with Gasteiger partial charge in [0.05, 0.1) is 6.61 Å². The van der Waals surface area contributed by atoms with Crippen LogP contribution in [0.2, 0.25) is 0 Å². The van der Waals surface area contributed by atoms with Crippen molar-refractivity contribution < 1.29 is 9.53 Å². The SMILES string of the molecule is CCNC1(C(=O)OCC)CCC(CC)C1. The van der Waals surface area contributed by atoms with Gasteiger partial charge in [-0.1, -0.05) is 20.3 Å². The molecule has 0 heterocycles. The molecule has 1 aliphatic rings. The molecule has 0 saturated heterocycles. The second-order valence-corrected chi connectivity index (χ2v) is 4.35. The van der Waals surface area contributed by atoms with E-state index in [0.29, 0.717) is 12.5 Å². The van der Waals surface area contributed by atoms with Crippen molar-refractivity contribution in [3.8, 4) is 0 Å². The van der Waals surface area contributed by atoms with Gasteiger partial charge in [-0.15, -0.1) is 0 Å². The van der Waals surface area contributed by atoms with E-state index in [4.69, 9.17) is 4.74 Å². The molecule has 88 valence electrons. The minimum Gasteiger partial charge on any atom is -0.465 e. The van der Waals surface area contributed by atoms with Gasteiger partial charge >= 0.3 is 5.97 Å². The van der Waals surface area contributed by atoms with E-state index < -0.39 is 0 Å². The average molecular weight is 213 g/mol. The number of likely N-dealkylation sites (N-methyl/N-ethyl adjacent to an activating group) is 1. The Hall–Kier alpha value is -0.570. The maximum Gasteiger partial charge on any atom is 0.326 e. The molecule has 1 fully saturated rings. The molecule has 0 aromatic rings. The fraction of sp³-hybridized carbons (Fsp3) is 0.917. The van der Waals surface area contributed by atoms with E-state index in [1.807, 2.05) is 13.8 Å².